The molecule has 2 aromatic rings. The molecule has 7 nitrogen and oxygen atoms in total. The van der Waals surface area contributed by atoms with Crippen molar-refractivity contribution < 1.29 is 19.1 Å². The van der Waals surface area contributed by atoms with E-state index in [0.717, 1.165) is 30.9 Å². The van der Waals surface area contributed by atoms with Gasteiger partial charge in [-0.15, -0.1) is 0 Å². The van der Waals surface area contributed by atoms with Crippen molar-refractivity contribution >= 4 is 11.9 Å². The molecular formula is C28H35N3O4. The fraction of sp³-hybridized carbons (Fsp3) is 0.429. The smallest absolute Gasteiger partial charge is 0.328 e. The molecule has 0 saturated carbocycles. The minimum Gasteiger partial charge on any atom is -0.497 e. The minimum absolute atomic E-state index is 0.0981. The summed E-state index contributed by atoms with van der Waals surface area (Å²) in [4.78, 5) is 31.9. The third-order valence-electron chi connectivity index (χ3n) is 6.41. The summed E-state index contributed by atoms with van der Waals surface area (Å²) in [5.74, 6) is 6.67. The average molecular weight is 478 g/mol. The Balaban J connectivity index is 0.00000108. The molecule has 4 rings (SSSR count). The molecular weight excluding hydrogens is 442 g/mol. The highest BCUT2D eigenvalue weighted by Crippen LogP contribution is 2.37. The number of urea groups is 1. The number of amides is 3. The zero-order valence-corrected chi connectivity index (χ0v) is 21.1. The first-order chi connectivity index (χ1) is 17.0. The van der Waals surface area contributed by atoms with E-state index in [1.54, 1.807) is 26.2 Å². The summed E-state index contributed by atoms with van der Waals surface area (Å²) >= 11 is 0. The van der Waals surface area contributed by atoms with Crippen molar-refractivity contribution in [2.75, 3.05) is 47.5 Å². The molecule has 0 unspecified atom stereocenters. The lowest BCUT2D eigenvalue weighted by Crippen LogP contribution is -2.56. The maximum Gasteiger partial charge on any atom is 0.328 e. The normalized spacial score (nSPS) is 17.0. The van der Waals surface area contributed by atoms with Gasteiger partial charge in [-0.05, 0) is 43.5 Å². The summed E-state index contributed by atoms with van der Waals surface area (Å²) in [5, 5.41) is 0. The van der Waals surface area contributed by atoms with Gasteiger partial charge in [-0.2, -0.15) is 0 Å². The Bertz CT molecular complexity index is 1050. The van der Waals surface area contributed by atoms with E-state index in [0.29, 0.717) is 19.4 Å². The van der Waals surface area contributed by atoms with Crippen molar-refractivity contribution in [1.82, 2.24) is 14.7 Å². The molecule has 0 aliphatic carbocycles. The zero-order chi connectivity index (χ0) is 25.3. The number of nitrogens with zero attached hydrogens (tertiary/aromatic N) is 3. The van der Waals surface area contributed by atoms with Crippen LogP contribution < -0.4 is 4.74 Å². The van der Waals surface area contributed by atoms with Gasteiger partial charge < -0.3 is 14.4 Å². The summed E-state index contributed by atoms with van der Waals surface area (Å²) < 4.78 is 9.47. The third-order valence-corrected chi connectivity index (χ3v) is 6.41. The minimum atomic E-state index is -0.739. The molecule has 2 aliphatic heterocycles. The molecule has 2 fully saturated rings. The predicted octanol–water partition coefficient (Wildman–Crippen LogP) is 3.63. The van der Waals surface area contributed by atoms with Crippen LogP contribution in [0.3, 0.4) is 0 Å². The van der Waals surface area contributed by atoms with Crippen molar-refractivity contribution in [3.8, 4) is 17.6 Å². The second-order valence-corrected chi connectivity index (χ2v) is 8.65. The van der Waals surface area contributed by atoms with Gasteiger partial charge in [0, 0.05) is 46.0 Å². The molecule has 7 heteroatoms. The lowest BCUT2D eigenvalue weighted by atomic mass is 9.85. The summed E-state index contributed by atoms with van der Waals surface area (Å²) in [6, 6.07) is 17.6. The molecule has 35 heavy (non-hydrogen) atoms. The fourth-order valence-corrected chi connectivity index (χ4v) is 4.69. The molecule has 0 aromatic heterocycles. The van der Waals surface area contributed by atoms with E-state index < -0.39 is 5.54 Å². The molecule has 2 saturated heterocycles. The first-order valence-electron chi connectivity index (χ1n) is 11.9. The number of methoxy groups -OCH3 is 2. The Morgan fingerprint density at radius 2 is 1.66 bits per heavy atom. The van der Waals surface area contributed by atoms with Gasteiger partial charge in [-0.1, -0.05) is 48.2 Å². The third kappa shape index (κ3) is 6.02. The van der Waals surface area contributed by atoms with E-state index in [2.05, 4.69) is 33.6 Å². The summed E-state index contributed by atoms with van der Waals surface area (Å²) in [7, 11) is 4.86. The standard InChI is InChI=1S/C26H29N3O3.C2H6O/c1-3-29-25(31)28(16-8-12-21-11-7-13-23(19-21)32-2)24(30)26(29)14-17-27(18-15-26)20-22-9-5-4-6-10-22;1-3-2/h4-7,9-11,13,19H,3,14-18,20H2,1-2H3;1-2H3. The van der Waals surface area contributed by atoms with Gasteiger partial charge >= 0.3 is 6.03 Å². The molecule has 3 amide bonds. The largest absolute Gasteiger partial charge is 0.497 e. The Morgan fingerprint density at radius 1 is 0.971 bits per heavy atom. The van der Waals surface area contributed by atoms with Crippen LogP contribution in [0.25, 0.3) is 0 Å². The van der Waals surface area contributed by atoms with Crippen LogP contribution in [0.5, 0.6) is 5.75 Å². The summed E-state index contributed by atoms with van der Waals surface area (Å²) in [6.45, 7) is 4.99. The Kier molecular flexibility index (Phi) is 9.30. The molecule has 0 N–H and O–H groups in total. The van der Waals surface area contributed by atoms with E-state index in [4.69, 9.17) is 4.74 Å². The highest BCUT2D eigenvalue weighted by atomic mass is 16.5. The zero-order valence-electron chi connectivity index (χ0n) is 21.1. The van der Waals surface area contributed by atoms with E-state index in [1.807, 2.05) is 49.4 Å². The first kappa shape index (κ1) is 26.3. The van der Waals surface area contributed by atoms with Crippen molar-refractivity contribution in [3.63, 3.8) is 0 Å². The van der Waals surface area contributed by atoms with Crippen LogP contribution in [-0.4, -0.2) is 79.7 Å². The molecule has 2 aliphatic rings. The first-order valence-corrected chi connectivity index (χ1v) is 11.9. The SMILES string of the molecule is CCN1C(=O)N(CC#Cc2cccc(OC)c2)C(=O)C12CCN(Cc1ccccc1)CC2.COC. The molecule has 0 atom stereocenters. The number of hydrogen-bond donors (Lipinski definition) is 0. The van der Waals surface area contributed by atoms with Crippen LogP contribution in [0.1, 0.15) is 30.9 Å². The maximum absolute atomic E-state index is 13.4. The number of carbonyl (C=O) groups excluding carboxylic acids is 2. The summed E-state index contributed by atoms with van der Waals surface area (Å²) in [6.07, 6.45) is 1.30. The Hall–Kier alpha value is -3.34. The highest BCUT2D eigenvalue weighted by Gasteiger charge is 2.57. The van der Waals surface area contributed by atoms with Gasteiger partial charge in [-0.25, -0.2) is 4.79 Å². The van der Waals surface area contributed by atoms with E-state index >= 15 is 0 Å². The number of likely N-dealkylation sites (tertiary alicyclic amines) is 1. The molecule has 186 valence electrons. The van der Waals surface area contributed by atoms with Crippen molar-refractivity contribution in [3.05, 3.63) is 65.7 Å². The maximum atomic E-state index is 13.4. The van der Waals surface area contributed by atoms with Crippen molar-refractivity contribution in [2.45, 2.75) is 31.8 Å². The van der Waals surface area contributed by atoms with Gasteiger partial charge in [0.15, 0.2) is 0 Å². The summed E-state index contributed by atoms with van der Waals surface area (Å²) in [5.41, 5.74) is 1.32. The van der Waals surface area contributed by atoms with Crippen LogP contribution in [0.15, 0.2) is 54.6 Å². The highest BCUT2D eigenvalue weighted by molar-refractivity contribution is 6.07. The van der Waals surface area contributed by atoms with Gasteiger partial charge in [0.1, 0.15) is 11.3 Å². The van der Waals surface area contributed by atoms with Crippen LogP contribution in [-0.2, 0) is 16.1 Å². The average Bonchev–Trinajstić information content (AvgIpc) is 3.07. The molecule has 1 spiro atoms. The van der Waals surface area contributed by atoms with Crippen LogP contribution in [0.4, 0.5) is 4.79 Å². The quantitative estimate of drug-likeness (QED) is 0.486. The Labute approximate surface area is 208 Å². The number of imide groups is 1. The number of piperidine rings is 1. The van der Waals surface area contributed by atoms with Gasteiger partial charge in [0.2, 0.25) is 0 Å². The number of carbonyl (C=O) groups is 2. The second-order valence-electron chi connectivity index (χ2n) is 8.65. The molecule has 2 heterocycles. The van der Waals surface area contributed by atoms with Crippen LogP contribution in [0.2, 0.25) is 0 Å². The molecule has 0 radical (unpaired) electrons. The predicted molar refractivity (Wildman–Crippen MR) is 136 cm³/mol. The number of hydrogen-bond acceptors (Lipinski definition) is 5. The monoisotopic (exact) mass is 477 g/mol. The van der Waals surface area contributed by atoms with E-state index in [9.17, 15) is 9.59 Å². The van der Waals surface area contributed by atoms with E-state index in [-0.39, 0.29) is 18.5 Å². The topological polar surface area (TPSA) is 62.3 Å². The lowest BCUT2D eigenvalue weighted by Gasteiger charge is -2.41. The van der Waals surface area contributed by atoms with Gasteiger partial charge in [0.05, 0.1) is 13.7 Å². The number of likely N-dealkylation sites (N-methyl/N-ethyl adjacent to an activating group) is 1. The van der Waals surface area contributed by atoms with E-state index in [1.165, 1.54) is 10.5 Å². The van der Waals surface area contributed by atoms with Crippen molar-refractivity contribution in [1.29, 1.82) is 0 Å². The van der Waals surface area contributed by atoms with Crippen molar-refractivity contribution in [2.24, 2.45) is 0 Å². The second kappa shape index (κ2) is 12.4. The molecule has 0 bridgehead atoms. The Morgan fingerprint density at radius 3 is 2.29 bits per heavy atom. The number of benzene rings is 2. The van der Waals surface area contributed by atoms with Gasteiger partial charge in [0.25, 0.3) is 5.91 Å². The van der Waals surface area contributed by atoms with Gasteiger partial charge in [-0.3, -0.25) is 14.6 Å². The number of rotatable bonds is 5. The number of ether oxygens (including phenoxy) is 2. The molecule has 2 aromatic carbocycles. The fourth-order valence-electron chi connectivity index (χ4n) is 4.69. The van der Waals surface area contributed by atoms with Crippen LogP contribution in [0, 0.1) is 11.8 Å². The lowest BCUT2D eigenvalue weighted by molar-refractivity contribution is -0.135. The van der Waals surface area contributed by atoms with Crippen LogP contribution >= 0.6 is 0 Å².